The topological polar surface area (TPSA) is 56.8 Å². The summed E-state index contributed by atoms with van der Waals surface area (Å²) < 4.78 is 5.38. The lowest BCUT2D eigenvalue weighted by Crippen LogP contribution is -2.52. The largest absolute Gasteiger partial charge is 0.378 e. The minimum Gasteiger partial charge on any atom is -0.378 e. The molecule has 3 unspecified atom stereocenters. The number of carbonyl (C=O) groups excluding carboxylic acids is 1. The number of carbonyl (C=O) groups is 1. The molecule has 0 radical (unpaired) electrons. The van der Waals surface area contributed by atoms with Crippen molar-refractivity contribution in [3.63, 3.8) is 0 Å². The SMILES string of the molecule is O=C(C1CC(C2CCCCN2CCCc2ccccc2)NN1)N1CCOCC1. The molecule has 3 heterocycles. The Bertz CT molecular complexity index is 620. The second-order valence-electron chi connectivity index (χ2n) is 8.31. The smallest absolute Gasteiger partial charge is 0.241 e. The summed E-state index contributed by atoms with van der Waals surface area (Å²) in [4.78, 5) is 17.4. The van der Waals surface area contributed by atoms with E-state index in [1.165, 1.54) is 37.8 Å². The first kappa shape index (κ1) is 19.8. The Hall–Kier alpha value is -1.47. The molecule has 1 aromatic carbocycles. The number of likely N-dealkylation sites (tertiary alicyclic amines) is 1. The van der Waals surface area contributed by atoms with Crippen molar-refractivity contribution in [1.29, 1.82) is 0 Å². The van der Waals surface area contributed by atoms with Crippen LogP contribution in [0.1, 0.15) is 37.7 Å². The van der Waals surface area contributed by atoms with Gasteiger partial charge in [0, 0.05) is 25.2 Å². The quantitative estimate of drug-likeness (QED) is 0.777. The highest BCUT2D eigenvalue weighted by atomic mass is 16.5. The molecule has 154 valence electrons. The normalized spacial score (nSPS) is 29.1. The number of hydrazine groups is 1. The van der Waals surface area contributed by atoms with Crippen molar-refractivity contribution in [3.8, 4) is 0 Å². The molecule has 0 aliphatic carbocycles. The highest BCUT2D eigenvalue weighted by Gasteiger charge is 2.38. The van der Waals surface area contributed by atoms with Gasteiger partial charge in [-0.15, -0.1) is 0 Å². The van der Waals surface area contributed by atoms with Crippen LogP contribution in [0.4, 0.5) is 0 Å². The van der Waals surface area contributed by atoms with Gasteiger partial charge in [-0.3, -0.25) is 15.1 Å². The molecular weight excluding hydrogens is 352 g/mol. The van der Waals surface area contributed by atoms with Gasteiger partial charge >= 0.3 is 0 Å². The van der Waals surface area contributed by atoms with Gasteiger partial charge in [0.2, 0.25) is 5.91 Å². The zero-order chi connectivity index (χ0) is 19.2. The maximum absolute atomic E-state index is 12.8. The molecule has 0 spiro atoms. The number of nitrogens with zero attached hydrogens (tertiary/aromatic N) is 2. The molecular formula is C22H34N4O2. The third kappa shape index (κ3) is 4.92. The predicted molar refractivity (Wildman–Crippen MR) is 110 cm³/mol. The van der Waals surface area contributed by atoms with Crippen LogP contribution in [0.2, 0.25) is 0 Å². The maximum atomic E-state index is 12.8. The van der Waals surface area contributed by atoms with Crippen LogP contribution in [-0.2, 0) is 16.0 Å². The number of ether oxygens (including phenoxy) is 1. The van der Waals surface area contributed by atoms with E-state index in [4.69, 9.17) is 4.74 Å². The maximum Gasteiger partial charge on any atom is 0.241 e. The summed E-state index contributed by atoms with van der Waals surface area (Å²) in [7, 11) is 0. The molecule has 28 heavy (non-hydrogen) atoms. The van der Waals surface area contributed by atoms with Crippen LogP contribution < -0.4 is 10.9 Å². The number of hydrogen-bond acceptors (Lipinski definition) is 5. The Morgan fingerprint density at radius 1 is 1.07 bits per heavy atom. The van der Waals surface area contributed by atoms with E-state index in [0.29, 0.717) is 25.3 Å². The summed E-state index contributed by atoms with van der Waals surface area (Å²) in [6, 6.07) is 11.5. The number of aryl methyl sites for hydroxylation is 1. The highest BCUT2D eigenvalue weighted by Crippen LogP contribution is 2.25. The first-order valence-electron chi connectivity index (χ1n) is 11.0. The number of benzene rings is 1. The first-order valence-corrected chi connectivity index (χ1v) is 11.0. The Morgan fingerprint density at radius 2 is 1.89 bits per heavy atom. The molecule has 3 saturated heterocycles. The van der Waals surface area contributed by atoms with Crippen molar-refractivity contribution in [3.05, 3.63) is 35.9 Å². The average molecular weight is 387 g/mol. The van der Waals surface area contributed by atoms with Crippen molar-refractivity contribution < 1.29 is 9.53 Å². The monoisotopic (exact) mass is 386 g/mol. The number of morpholine rings is 1. The fourth-order valence-electron chi connectivity index (χ4n) is 4.88. The third-order valence-electron chi connectivity index (χ3n) is 6.44. The van der Waals surface area contributed by atoms with Crippen molar-refractivity contribution in [2.75, 3.05) is 39.4 Å². The summed E-state index contributed by atoms with van der Waals surface area (Å²) >= 11 is 0. The standard InChI is InChI=1S/C22H34N4O2/c27-22(26-13-15-28-16-14-26)20-17-19(23-24-20)21-10-4-5-11-25(21)12-6-9-18-7-2-1-3-8-18/h1-3,7-8,19-21,23-24H,4-6,9-17H2. The molecule has 0 saturated carbocycles. The lowest BCUT2D eigenvalue weighted by atomic mass is 9.92. The molecule has 0 bridgehead atoms. The molecule has 0 aromatic heterocycles. The van der Waals surface area contributed by atoms with Crippen LogP contribution in [0.5, 0.6) is 0 Å². The summed E-state index contributed by atoms with van der Waals surface area (Å²) in [6.45, 7) is 5.08. The lowest BCUT2D eigenvalue weighted by Gasteiger charge is -2.39. The van der Waals surface area contributed by atoms with Gasteiger partial charge in [0.1, 0.15) is 6.04 Å². The van der Waals surface area contributed by atoms with Crippen molar-refractivity contribution in [2.45, 2.75) is 56.7 Å². The molecule has 4 rings (SSSR count). The van der Waals surface area contributed by atoms with Crippen molar-refractivity contribution >= 4 is 5.91 Å². The number of amides is 1. The summed E-state index contributed by atoms with van der Waals surface area (Å²) in [5.41, 5.74) is 8.18. The van der Waals surface area contributed by atoms with E-state index in [9.17, 15) is 4.79 Å². The van der Waals surface area contributed by atoms with Gasteiger partial charge in [-0.05, 0) is 50.8 Å². The number of piperidine rings is 1. The number of hydrogen-bond donors (Lipinski definition) is 2. The van der Waals surface area contributed by atoms with Gasteiger partial charge in [0.25, 0.3) is 0 Å². The van der Waals surface area contributed by atoms with Crippen LogP contribution in [0.3, 0.4) is 0 Å². The lowest BCUT2D eigenvalue weighted by molar-refractivity contribution is -0.137. The van der Waals surface area contributed by atoms with Crippen LogP contribution >= 0.6 is 0 Å². The van der Waals surface area contributed by atoms with Crippen LogP contribution in [0.15, 0.2) is 30.3 Å². The Morgan fingerprint density at radius 3 is 2.71 bits per heavy atom. The van der Waals surface area contributed by atoms with Crippen molar-refractivity contribution in [1.82, 2.24) is 20.7 Å². The zero-order valence-electron chi connectivity index (χ0n) is 16.8. The Kier molecular flexibility index (Phi) is 6.96. The molecule has 1 amide bonds. The number of rotatable bonds is 6. The van der Waals surface area contributed by atoms with E-state index in [1.54, 1.807) is 0 Å². The molecule has 3 atom stereocenters. The fourth-order valence-corrected chi connectivity index (χ4v) is 4.88. The molecule has 6 nitrogen and oxygen atoms in total. The minimum absolute atomic E-state index is 0.101. The summed E-state index contributed by atoms with van der Waals surface area (Å²) in [5.74, 6) is 0.227. The predicted octanol–water partition coefficient (Wildman–Crippen LogP) is 1.57. The van der Waals surface area contributed by atoms with Gasteiger partial charge in [-0.1, -0.05) is 36.8 Å². The Balaban J connectivity index is 1.28. The highest BCUT2D eigenvalue weighted by molar-refractivity contribution is 5.82. The van der Waals surface area contributed by atoms with Crippen LogP contribution in [-0.4, -0.2) is 73.2 Å². The molecule has 3 aliphatic heterocycles. The average Bonchev–Trinajstić information content (AvgIpc) is 3.25. The third-order valence-corrected chi connectivity index (χ3v) is 6.44. The second-order valence-corrected chi connectivity index (χ2v) is 8.31. The molecule has 2 N–H and O–H groups in total. The van der Waals surface area contributed by atoms with E-state index < -0.39 is 0 Å². The zero-order valence-corrected chi connectivity index (χ0v) is 16.8. The van der Waals surface area contributed by atoms with Gasteiger partial charge < -0.3 is 9.64 Å². The van der Waals surface area contributed by atoms with Gasteiger partial charge in [0.05, 0.1) is 13.2 Å². The van der Waals surface area contributed by atoms with Crippen molar-refractivity contribution in [2.24, 2.45) is 0 Å². The van der Waals surface area contributed by atoms with Gasteiger partial charge in [-0.2, -0.15) is 0 Å². The van der Waals surface area contributed by atoms with E-state index in [2.05, 4.69) is 46.1 Å². The van der Waals surface area contributed by atoms with Gasteiger partial charge in [0.15, 0.2) is 0 Å². The van der Waals surface area contributed by atoms with Crippen LogP contribution in [0, 0.1) is 0 Å². The molecule has 6 heteroatoms. The minimum atomic E-state index is -0.101. The van der Waals surface area contributed by atoms with Crippen LogP contribution in [0.25, 0.3) is 0 Å². The van der Waals surface area contributed by atoms with Gasteiger partial charge in [-0.25, -0.2) is 5.43 Å². The Labute approximate surface area is 168 Å². The second kappa shape index (κ2) is 9.83. The molecule has 1 aromatic rings. The molecule has 3 aliphatic rings. The van der Waals surface area contributed by atoms with E-state index in [1.807, 2.05) is 4.90 Å². The fraction of sp³-hybridized carbons (Fsp3) is 0.682. The molecule has 3 fully saturated rings. The van der Waals surface area contributed by atoms with E-state index in [0.717, 1.165) is 32.5 Å². The summed E-state index contributed by atoms with van der Waals surface area (Å²) in [6.07, 6.45) is 7.02. The van der Waals surface area contributed by atoms with E-state index >= 15 is 0 Å². The number of nitrogens with one attached hydrogen (secondary N) is 2. The summed E-state index contributed by atoms with van der Waals surface area (Å²) in [5, 5.41) is 0. The first-order chi connectivity index (χ1) is 13.8. The van der Waals surface area contributed by atoms with E-state index in [-0.39, 0.29) is 11.9 Å².